The summed E-state index contributed by atoms with van der Waals surface area (Å²) in [5.74, 6) is -3.05. The quantitative estimate of drug-likeness (QED) is 0.214. The molecule has 4 amide bonds. The van der Waals surface area contributed by atoms with E-state index in [1.807, 2.05) is 0 Å². The summed E-state index contributed by atoms with van der Waals surface area (Å²) in [7, 11) is 0. The van der Waals surface area contributed by atoms with E-state index < -0.39 is 23.6 Å². The van der Waals surface area contributed by atoms with Gasteiger partial charge >= 0.3 is 23.6 Å². The first-order chi connectivity index (χ1) is 16.8. The van der Waals surface area contributed by atoms with Gasteiger partial charge < -0.3 is 20.4 Å². The third-order valence-electron chi connectivity index (χ3n) is 4.26. The monoisotopic (exact) mass is 516 g/mol. The van der Waals surface area contributed by atoms with Crippen LogP contribution in [0.2, 0.25) is 10.0 Å². The van der Waals surface area contributed by atoms with Gasteiger partial charge in [0.2, 0.25) is 0 Å². The second-order valence-corrected chi connectivity index (χ2v) is 7.62. The minimum atomic E-state index is -0.956. The van der Waals surface area contributed by atoms with Gasteiger partial charge in [-0.25, -0.2) is 5.43 Å². The highest BCUT2D eigenvalue weighted by atomic mass is 35.5. The molecule has 2 heterocycles. The lowest BCUT2D eigenvalue weighted by Gasteiger charge is -2.06. The number of hydrazone groups is 1. The molecule has 35 heavy (non-hydrogen) atoms. The number of halogens is 2. The van der Waals surface area contributed by atoms with Crippen LogP contribution in [0.4, 0.5) is 5.69 Å². The van der Waals surface area contributed by atoms with Crippen LogP contribution in [0.25, 0.3) is 0 Å². The van der Waals surface area contributed by atoms with Crippen molar-refractivity contribution in [2.24, 2.45) is 5.10 Å². The van der Waals surface area contributed by atoms with E-state index in [0.717, 1.165) is 5.56 Å². The molecule has 1 aromatic carbocycles. The van der Waals surface area contributed by atoms with Crippen LogP contribution in [0, 0.1) is 0 Å². The highest BCUT2D eigenvalue weighted by Crippen LogP contribution is 2.24. The molecule has 0 radical (unpaired) electrons. The Balaban J connectivity index is 1.41. The van der Waals surface area contributed by atoms with Gasteiger partial charge in [-0.05, 0) is 48.0 Å². The van der Waals surface area contributed by atoms with Crippen molar-refractivity contribution in [3.63, 3.8) is 0 Å². The average molecular weight is 517 g/mol. The molecule has 13 heteroatoms. The molecule has 180 valence electrons. The summed E-state index contributed by atoms with van der Waals surface area (Å²) < 4.78 is 5.42. The van der Waals surface area contributed by atoms with Crippen molar-refractivity contribution >= 4 is 58.7 Å². The number of furan rings is 1. The highest BCUT2D eigenvalue weighted by molar-refractivity contribution is 6.43. The second kappa shape index (κ2) is 12.3. The first-order valence-electron chi connectivity index (χ1n) is 9.95. The first-order valence-corrected chi connectivity index (χ1v) is 10.7. The van der Waals surface area contributed by atoms with Gasteiger partial charge in [0.15, 0.2) is 0 Å². The van der Waals surface area contributed by atoms with Crippen LogP contribution >= 0.6 is 23.2 Å². The molecule has 3 rings (SSSR count). The summed E-state index contributed by atoms with van der Waals surface area (Å²) in [6.45, 7) is 0.0858. The number of carbonyl (C=O) groups is 4. The molecule has 11 nitrogen and oxygen atoms in total. The molecule has 2 aromatic heterocycles. The van der Waals surface area contributed by atoms with Crippen molar-refractivity contribution in [3.8, 4) is 0 Å². The second-order valence-electron chi connectivity index (χ2n) is 6.81. The summed E-state index contributed by atoms with van der Waals surface area (Å²) in [4.78, 5) is 51.4. The van der Waals surface area contributed by atoms with E-state index >= 15 is 0 Å². The number of aromatic nitrogens is 1. The van der Waals surface area contributed by atoms with Gasteiger partial charge in [0, 0.05) is 24.6 Å². The normalized spacial score (nSPS) is 10.6. The summed E-state index contributed by atoms with van der Waals surface area (Å²) in [5, 5.41) is 11.4. The number of carbonyl (C=O) groups excluding carboxylic acids is 4. The molecule has 0 aliphatic carbocycles. The van der Waals surface area contributed by atoms with Crippen molar-refractivity contribution in [2.75, 3.05) is 5.32 Å². The Kier molecular flexibility index (Phi) is 8.93. The van der Waals surface area contributed by atoms with Gasteiger partial charge in [0.05, 0.1) is 22.8 Å². The van der Waals surface area contributed by atoms with Crippen molar-refractivity contribution in [1.82, 2.24) is 21.0 Å². The predicted octanol–water partition coefficient (Wildman–Crippen LogP) is 2.00. The van der Waals surface area contributed by atoms with Crippen molar-refractivity contribution in [3.05, 3.63) is 82.0 Å². The maximum absolute atomic E-state index is 12.0. The van der Waals surface area contributed by atoms with E-state index in [-0.39, 0.29) is 23.9 Å². The zero-order valence-corrected chi connectivity index (χ0v) is 19.4. The van der Waals surface area contributed by atoms with E-state index in [1.165, 1.54) is 30.5 Å². The van der Waals surface area contributed by atoms with E-state index in [2.05, 4.69) is 31.5 Å². The van der Waals surface area contributed by atoms with Gasteiger partial charge in [-0.15, -0.1) is 0 Å². The summed E-state index contributed by atoms with van der Waals surface area (Å²) in [5.41, 5.74) is 3.17. The molecule has 0 bridgehead atoms. The molecule has 0 atom stereocenters. The topological polar surface area (TPSA) is 155 Å². The van der Waals surface area contributed by atoms with Crippen LogP contribution < -0.4 is 21.4 Å². The Morgan fingerprint density at radius 1 is 0.857 bits per heavy atom. The number of hydrogen-bond acceptors (Lipinski definition) is 7. The number of hydrogen-bond donors (Lipinski definition) is 4. The first kappa shape index (κ1) is 25.4. The zero-order valence-electron chi connectivity index (χ0n) is 17.9. The fourth-order valence-electron chi connectivity index (χ4n) is 2.54. The number of anilines is 1. The van der Waals surface area contributed by atoms with E-state index in [9.17, 15) is 19.2 Å². The van der Waals surface area contributed by atoms with Crippen LogP contribution in [-0.2, 0) is 32.3 Å². The standard InChI is InChI=1S/C22H18Cl2N6O5/c23-17-4-1-14(9-18(17)24)29-21(33)19(31)27-11-15-2-3-16(35-15)12-28-30-22(34)20(32)26-10-13-5-7-25-8-6-13/h1-9,12H,10-11H2,(H,26,32)(H,27,31)(H,29,33)(H,30,34)/b28-12+. The number of nitrogens with one attached hydrogen (secondary N) is 4. The molecule has 0 spiro atoms. The summed E-state index contributed by atoms with van der Waals surface area (Å²) in [6.07, 6.45) is 4.32. The zero-order chi connectivity index (χ0) is 25.2. The number of rotatable bonds is 7. The van der Waals surface area contributed by atoms with E-state index in [0.29, 0.717) is 16.5 Å². The molecule has 3 aromatic rings. The average Bonchev–Trinajstić information content (AvgIpc) is 3.31. The van der Waals surface area contributed by atoms with E-state index in [1.54, 1.807) is 30.6 Å². The number of benzene rings is 1. The van der Waals surface area contributed by atoms with Crippen molar-refractivity contribution < 1.29 is 23.6 Å². The Labute approximate surface area is 208 Å². The maximum Gasteiger partial charge on any atom is 0.329 e. The van der Waals surface area contributed by atoms with Crippen LogP contribution in [0.3, 0.4) is 0 Å². The van der Waals surface area contributed by atoms with Crippen molar-refractivity contribution in [1.29, 1.82) is 0 Å². The molecule has 0 saturated heterocycles. The van der Waals surface area contributed by atoms with Crippen LogP contribution in [0.15, 0.2) is 64.4 Å². The maximum atomic E-state index is 12.0. The molecule has 0 aliphatic heterocycles. The Bertz CT molecular complexity index is 1260. The highest BCUT2D eigenvalue weighted by Gasteiger charge is 2.15. The van der Waals surface area contributed by atoms with Crippen molar-refractivity contribution in [2.45, 2.75) is 13.1 Å². The third kappa shape index (κ3) is 7.95. The van der Waals surface area contributed by atoms with Crippen LogP contribution in [0.1, 0.15) is 17.1 Å². The molecule has 0 unspecified atom stereocenters. The molecular weight excluding hydrogens is 499 g/mol. The Hall–Kier alpha value is -4.22. The lowest BCUT2D eigenvalue weighted by Crippen LogP contribution is -2.37. The number of pyridine rings is 1. The molecule has 0 fully saturated rings. The lowest BCUT2D eigenvalue weighted by molar-refractivity contribution is -0.139. The minimum absolute atomic E-state index is 0.0781. The lowest BCUT2D eigenvalue weighted by atomic mass is 10.3. The molecular formula is C22H18Cl2N6O5. The van der Waals surface area contributed by atoms with Gasteiger partial charge in [-0.3, -0.25) is 24.2 Å². The Morgan fingerprint density at radius 3 is 2.31 bits per heavy atom. The molecule has 0 saturated carbocycles. The summed E-state index contributed by atoms with van der Waals surface area (Å²) in [6, 6.07) is 10.9. The van der Waals surface area contributed by atoms with Gasteiger partial charge in [-0.2, -0.15) is 5.10 Å². The smallest absolute Gasteiger partial charge is 0.329 e. The van der Waals surface area contributed by atoms with Gasteiger partial charge in [0.25, 0.3) is 0 Å². The third-order valence-corrected chi connectivity index (χ3v) is 4.99. The largest absolute Gasteiger partial charge is 0.458 e. The fourth-order valence-corrected chi connectivity index (χ4v) is 2.83. The number of nitrogens with zero attached hydrogens (tertiary/aromatic N) is 2. The minimum Gasteiger partial charge on any atom is -0.458 e. The van der Waals surface area contributed by atoms with E-state index in [4.69, 9.17) is 27.6 Å². The van der Waals surface area contributed by atoms with Crippen LogP contribution in [0.5, 0.6) is 0 Å². The van der Waals surface area contributed by atoms with Crippen LogP contribution in [-0.4, -0.2) is 34.8 Å². The fraction of sp³-hybridized carbons (Fsp3) is 0.0909. The molecule has 4 N–H and O–H groups in total. The number of amides is 4. The molecule has 0 aliphatic rings. The van der Waals surface area contributed by atoms with Gasteiger partial charge in [0.1, 0.15) is 11.5 Å². The predicted molar refractivity (Wildman–Crippen MR) is 127 cm³/mol. The summed E-state index contributed by atoms with van der Waals surface area (Å²) >= 11 is 11.7. The SMILES string of the molecule is O=C(NCc1ccncc1)C(=O)N/N=C/c1ccc(CNC(=O)C(=O)Nc2ccc(Cl)c(Cl)c2)o1. The Morgan fingerprint density at radius 2 is 1.57 bits per heavy atom. The van der Waals surface area contributed by atoms with Gasteiger partial charge in [-0.1, -0.05) is 23.2 Å².